The molecular formula is C26H21NO2. The molecule has 29 heavy (non-hydrogen) atoms. The molecule has 0 aliphatic heterocycles. The maximum atomic E-state index is 11.8. The van der Waals surface area contributed by atoms with Gasteiger partial charge in [-0.25, -0.2) is 4.79 Å². The van der Waals surface area contributed by atoms with E-state index in [0.717, 1.165) is 11.0 Å². The van der Waals surface area contributed by atoms with Crippen molar-refractivity contribution in [3.63, 3.8) is 0 Å². The summed E-state index contributed by atoms with van der Waals surface area (Å²) in [5.74, 6) is -0.346. The number of benzene rings is 4. The van der Waals surface area contributed by atoms with Crippen molar-refractivity contribution in [3.05, 3.63) is 84.9 Å². The average molecular weight is 379 g/mol. The zero-order valence-electron chi connectivity index (χ0n) is 16.3. The minimum Gasteiger partial charge on any atom is -0.460 e. The van der Waals surface area contributed by atoms with Gasteiger partial charge < -0.3 is 9.30 Å². The Kier molecular flexibility index (Phi) is 4.09. The maximum Gasteiger partial charge on any atom is 0.333 e. The minimum absolute atomic E-state index is 0.310. The lowest BCUT2D eigenvalue weighted by molar-refractivity contribution is -0.139. The largest absolute Gasteiger partial charge is 0.460 e. The van der Waals surface area contributed by atoms with Crippen LogP contribution in [0.1, 0.15) is 6.92 Å². The topological polar surface area (TPSA) is 31.2 Å². The highest BCUT2D eigenvalue weighted by Gasteiger charge is 2.16. The molecule has 0 spiro atoms. The standard InChI is InChI=1S/C26H21NO2/c1-17(2)26(28)29-16-15-27-22-13-11-18-7-3-5-9-20(18)24(22)25-21-10-6-4-8-19(21)12-14-23(25)27/h3-14H,1,15-16H2,2H3. The van der Waals surface area contributed by atoms with Crippen LogP contribution in [0.15, 0.2) is 84.9 Å². The molecule has 0 radical (unpaired) electrons. The molecule has 0 N–H and O–H groups in total. The van der Waals surface area contributed by atoms with Crippen LogP contribution in [0.5, 0.6) is 0 Å². The highest BCUT2D eigenvalue weighted by atomic mass is 16.5. The Hall–Kier alpha value is -3.59. The van der Waals surface area contributed by atoms with Crippen LogP contribution >= 0.6 is 0 Å². The van der Waals surface area contributed by atoms with Crippen LogP contribution in [0.25, 0.3) is 43.4 Å². The van der Waals surface area contributed by atoms with E-state index in [9.17, 15) is 4.79 Å². The summed E-state index contributed by atoms with van der Waals surface area (Å²) in [7, 11) is 0. The first-order chi connectivity index (χ1) is 14.1. The smallest absolute Gasteiger partial charge is 0.333 e. The normalized spacial score (nSPS) is 11.5. The van der Waals surface area contributed by atoms with Gasteiger partial charge in [-0.3, -0.25) is 0 Å². The number of esters is 1. The third-order valence-corrected chi connectivity index (χ3v) is 5.54. The zero-order chi connectivity index (χ0) is 20.0. The molecule has 142 valence electrons. The molecule has 0 fully saturated rings. The zero-order valence-corrected chi connectivity index (χ0v) is 16.3. The van der Waals surface area contributed by atoms with Crippen LogP contribution in [0.3, 0.4) is 0 Å². The summed E-state index contributed by atoms with van der Waals surface area (Å²) < 4.78 is 7.65. The predicted octanol–water partition coefficient (Wildman–Crippen LogP) is 6.22. The molecule has 0 amide bonds. The van der Waals surface area contributed by atoms with Crippen LogP contribution < -0.4 is 0 Å². The monoisotopic (exact) mass is 379 g/mol. The summed E-state index contributed by atoms with van der Waals surface area (Å²) in [6.45, 7) is 6.23. The van der Waals surface area contributed by atoms with E-state index >= 15 is 0 Å². The molecule has 4 aromatic carbocycles. The number of carbonyl (C=O) groups is 1. The summed E-state index contributed by atoms with van der Waals surface area (Å²) in [5, 5.41) is 7.43. The number of carbonyl (C=O) groups excluding carboxylic acids is 1. The van der Waals surface area contributed by atoms with Crippen LogP contribution in [-0.4, -0.2) is 17.1 Å². The highest BCUT2D eigenvalue weighted by molar-refractivity contribution is 6.27. The number of hydrogen-bond acceptors (Lipinski definition) is 2. The van der Waals surface area contributed by atoms with Gasteiger partial charge in [0.05, 0.1) is 6.54 Å². The van der Waals surface area contributed by atoms with E-state index in [-0.39, 0.29) is 5.97 Å². The predicted molar refractivity (Wildman–Crippen MR) is 120 cm³/mol. The molecule has 5 aromatic rings. The third-order valence-electron chi connectivity index (χ3n) is 5.54. The van der Waals surface area contributed by atoms with Gasteiger partial charge in [0.1, 0.15) is 6.61 Å². The summed E-state index contributed by atoms with van der Waals surface area (Å²) >= 11 is 0. The quantitative estimate of drug-likeness (QED) is 0.274. The summed E-state index contributed by atoms with van der Waals surface area (Å²) in [4.78, 5) is 11.8. The Morgan fingerprint density at radius 1 is 0.828 bits per heavy atom. The first-order valence-corrected chi connectivity index (χ1v) is 9.79. The molecule has 0 unspecified atom stereocenters. The third kappa shape index (κ3) is 2.78. The summed E-state index contributed by atoms with van der Waals surface area (Å²) in [6, 6.07) is 25.7. The Morgan fingerprint density at radius 3 is 1.86 bits per heavy atom. The van der Waals surface area contributed by atoms with Crippen LogP contribution in [0.2, 0.25) is 0 Å². The maximum absolute atomic E-state index is 11.8. The summed E-state index contributed by atoms with van der Waals surface area (Å²) in [5.41, 5.74) is 2.73. The van der Waals surface area contributed by atoms with Crippen molar-refractivity contribution in [1.29, 1.82) is 0 Å². The van der Waals surface area contributed by atoms with Crippen molar-refractivity contribution in [2.75, 3.05) is 6.61 Å². The Balaban J connectivity index is 1.80. The van der Waals surface area contributed by atoms with Crippen molar-refractivity contribution < 1.29 is 9.53 Å². The number of fused-ring (bicyclic) bond motifs is 7. The molecule has 0 saturated heterocycles. The van der Waals surface area contributed by atoms with Crippen LogP contribution in [-0.2, 0) is 16.1 Å². The molecule has 0 aliphatic carbocycles. The fourth-order valence-corrected chi connectivity index (χ4v) is 4.22. The van der Waals surface area contributed by atoms with Gasteiger partial charge in [-0.1, -0.05) is 67.2 Å². The van der Waals surface area contributed by atoms with Gasteiger partial charge in [-0.2, -0.15) is 0 Å². The van der Waals surface area contributed by atoms with E-state index in [1.807, 2.05) is 0 Å². The second-order valence-electron chi connectivity index (χ2n) is 7.43. The molecule has 0 atom stereocenters. The van der Waals surface area contributed by atoms with Crippen molar-refractivity contribution >= 4 is 49.3 Å². The SMILES string of the molecule is C=C(C)C(=O)OCCn1c2ccc3ccccc3c2c2c3ccccc3ccc21. The van der Waals surface area contributed by atoms with Crippen LogP contribution in [0, 0.1) is 0 Å². The second-order valence-corrected chi connectivity index (χ2v) is 7.43. The van der Waals surface area contributed by atoms with Gasteiger partial charge >= 0.3 is 5.97 Å². The van der Waals surface area contributed by atoms with E-state index in [1.54, 1.807) is 6.92 Å². The van der Waals surface area contributed by atoms with E-state index in [1.165, 1.54) is 32.3 Å². The first kappa shape index (κ1) is 17.5. The van der Waals surface area contributed by atoms with Crippen molar-refractivity contribution in [1.82, 2.24) is 4.57 Å². The Morgan fingerprint density at radius 2 is 1.34 bits per heavy atom. The molecule has 1 aromatic heterocycles. The average Bonchev–Trinajstić information content (AvgIpc) is 3.08. The molecule has 1 heterocycles. The lowest BCUT2D eigenvalue weighted by Crippen LogP contribution is -2.11. The number of nitrogens with zero attached hydrogens (tertiary/aromatic N) is 1. The number of hydrogen-bond donors (Lipinski definition) is 0. The number of ether oxygens (including phenoxy) is 1. The van der Waals surface area contributed by atoms with Crippen LogP contribution in [0.4, 0.5) is 0 Å². The first-order valence-electron chi connectivity index (χ1n) is 9.79. The minimum atomic E-state index is -0.346. The fourth-order valence-electron chi connectivity index (χ4n) is 4.22. The molecule has 5 rings (SSSR count). The van der Waals surface area contributed by atoms with E-state index in [0.29, 0.717) is 18.7 Å². The van der Waals surface area contributed by atoms with Gasteiger partial charge in [0, 0.05) is 27.4 Å². The lowest BCUT2D eigenvalue weighted by atomic mass is 10.00. The lowest BCUT2D eigenvalue weighted by Gasteiger charge is -2.09. The molecule has 0 aliphatic rings. The van der Waals surface area contributed by atoms with Gasteiger partial charge in [0.25, 0.3) is 0 Å². The van der Waals surface area contributed by atoms with E-state index < -0.39 is 0 Å². The Bertz CT molecular complexity index is 1330. The number of aromatic nitrogens is 1. The summed E-state index contributed by atoms with van der Waals surface area (Å²) in [6.07, 6.45) is 0. The second kappa shape index (κ2) is 6.78. The van der Waals surface area contributed by atoms with Gasteiger partial charge in [0.2, 0.25) is 0 Å². The van der Waals surface area contributed by atoms with E-state index in [4.69, 9.17) is 4.74 Å². The van der Waals surface area contributed by atoms with Crippen molar-refractivity contribution in [2.24, 2.45) is 0 Å². The van der Waals surface area contributed by atoms with Gasteiger partial charge in [-0.15, -0.1) is 0 Å². The van der Waals surface area contributed by atoms with Crippen molar-refractivity contribution in [3.8, 4) is 0 Å². The Labute approximate surface area is 168 Å². The number of rotatable bonds is 4. The molecule has 3 nitrogen and oxygen atoms in total. The highest BCUT2D eigenvalue weighted by Crippen LogP contribution is 2.38. The molecular weight excluding hydrogens is 358 g/mol. The van der Waals surface area contributed by atoms with Gasteiger partial charge in [0.15, 0.2) is 0 Å². The van der Waals surface area contributed by atoms with Crippen molar-refractivity contribution in [2.45, 2.75) is 13.5 Å². The van der Waals surface area contributed by atoms with Gasteiger partial charge in [-0.05, 0) is 40.6 Å². The molecule has 3 heteroatoms. The molecule has 0 bridgehead atoms. The van der Waals surface area contributed by atoms with E-state index in [2.05, 4.69) is 83.9 Å². The molecule has 0 saturated carbocycles. The fraction of sp³-hybridized carbons (Fsp3) is 0.115.